The van der Waals surface area contributed by atoms with E-state index in [2.05, 4.69) is 10.3 Å². The highest BCUT2D eigenvalue weighted by Crippen LogP contribution is 2.29. The summed E-state index contributed by atoms with van der Waals surface area (Å²) in [5, 5.41) is 2.98. The number of benzene rings is 1. The van der Waals surface area contributed by atoms with Crippen LogP contribution in [-0.4, -0.2) is 27.5 Å². The van der Waals surface area contributed by atoms with E-state index in [0.29, 0.717) is 0 Å². The smallest absolute Gasteiger partial charge is 0.343 e. The molecule has 146 valence electrons. The number of carbonyl (C=O) groups excluding carboxylic acids is 2. The summed E-state index contributed by atoms with van der Waals surface area (Å²) in [5.41, 5.74) is -0.221. The van der Waals surface area contributed by atoms with Gasteiger partial charge in [-0.15, -0.1) is 0 Å². The quantitative estimate of drug-likeness (QED) is 0.645. The molecule has 0 radical (unpaired) electrons. The summed E-state index contributed by atoms with van der Waals surface area (Å²) in [6, 6.07) is 4.75. The molecule has 28 heavy (non-hydrogen) atoms. The summed E-state index contributed by atoms with van der Waals surface area (Å²) >= 11 is 11.9. The fourth-order valence-electron chi connectivity index (χ4n) is 2.54. The maximum absolute atomic E-state index is 12.6. The van der Waals surface area contributed by atoms with Gasteiger partial charge in [0.25, 0.3) is 11.5 Å². The molecule has 2 heterocycles. The zero-order valence-electron chi connectivity index (χ0n) is 15.1. The molecular weight excluding hydrogens is 409 g/mol. The van der Waals surface area contributed by atoms with Crippen molar-refractivity contribution in [2.24, 2.45) is 7.05 Å². The fourth-order valence-corrected chi connectivity index (χ4v) is 2.89. The predicted molar refractivity (Wildman–Crippen MR) is 104 cm³/mol. The summed E-state index contributed by atoms with van der Waals surface area (Å²) in [5.74, 6) is -1.32. The third-order valence-electron chi connectivity index (χ3n) is 4.01. The second-order valence-corrected chi connectivity index (χ2v) is 6.80. The molecule has 1 N–H and O–H groups in total. The Balaban J connectivity index is 1.83. The Morgan fingerprint density at radius 3 is 2.75 bits per heavy atom. The number of hydrogen-bond donors (Lipinski definition) is 1. The van der Waals surface area contributed by atoms with Crippen LogP contribution in [0.1, 0.15) is 23.0 Å². The van der Waals surface area contributed by atoms with E-state index in [4.69, 9.17) is 32.4 Å². The highest BCUT2D eigenvalue weighted by Gasteiger charge is 2.27. The molecule has 1 amide bonds. The number of aromatic nitrogens is 2. The van der Waals surface area contributed by atoms with Gasteiger partial charge < -0.3 is 19.0 Å². The number of amides is 1. The maximum atomic E-state index is 12.6. The van der Waals surface area contributed by atoms with E-state index in [-0.39, 0.29) is 38.2 Å². The number of hydrogen-bond acceptors (Lipinski definition) is 6. The molecule has 10 heteroatoms. The van der Waals surface area contributed by atoms with Gasteiger partial charge in [-0.3, -0.25) is 9.59 Å². The number of anilines is 1. The van der Waals surface area contributed by atoms with E-state index in [1.807, 2.05) is 0 Å². The molecule has 0 saturated carbocycles. The fraction of sp³-hybridized carbons (Fsp3) is 0.222. The van der Waals surface area contributed by atoms with E-state index in [0.717, 1.165) is 0 Å². The Morgan fingerprint density at radius 2 is 2.04 bits per heavy atom. The minimum atomic E-state index is -1.17. The average molecular weight is 424 g/mol. The zero-order chi connectivity index (χ0) is 20.6. The third-order valence-corrected chi connectivity index (χ3v) is 4.83. The molecule has 0 fully saturated rings. The molecule has 0 bridgehead atoms. The van der Waals surface area contributed by atoms with Gasteiger partial charge in [0, 0.05) is 7.05 Å². The first kappa shape index (κ1) is 19.9. The van der Waals surface area contributed by atoms with Crippen LogP contribution in [0.2, 0.25) is 10.0 Å². The number of nitrogens with zero attached hydrogens (tertiary/aromatic N) is 2. The zero-order valence-corrected chi connectivity index (χ0v) is 16.6. The van der Waals surface area contributed by atoms with Gasteiger partial charge in [-0.2, -0.15) is 0 Å². The van der Waals surface area contributed by atoms with Gasteiger partial charge in [0.2, 0.25) is 5.71 Å². The van der Waals surface area contributed by atoms with Crippen molar-refractivity contribution in [2.45, 2.75) is 20.0 Å². The minimum absolute atomic E-state index is 0.00186. The number of fused-ring (bicyclic) bond motifs is 1. The minimum Gasteiger partial charge on any atom is -0.449 e. The van der Waals surface area contributed by atoms with E-state index < -0.39 is 23.5 Å². The number of esters is 1. The molecule has 3 aromatic rings. The molecular formula is C18H15Cl2N3O5. The van der Waals surface area contributed by atoms with Crippen LogP contribution >= 0.6 is 23.2 Å². The van der Waals surface area contributed by atoms with Gasteiger partial charge in [0.05, 0.1) is 15.7 Å². The van der Waals surface area contributed by atoms with Crippen LogP contribution in [-0.2, 0) is 16.6 Å². The van der Waals surface area contributed by atoms with Crippen LogP contribution in [0.15, 0.2) is 33.7 Å². The topological polar surface area (TPSA) is 103 Å². The second kappa shape index (κ2) is 7.65. The molecule has 3 rings (SSSR count). The molecule has 0 aliphatic rings. The standard InChI is InChI=1S/C18H15Cl2N3O5/c1-8-12(13-16(27-8)21-7-23(3)17(13)25)18(26)28-9(2)15(24)22-11-6-4-5-10(19)14(11)20/h4-7,9H,1-3H3,(H,22,24). The monoisotopic (exact) mass is 423 g/mol. The van der Waals surface area contributed by atoms with Crippen molar-refractivity contribution in [2.75, 3.05) is 5.32 Å². The van der Waals surface area contributed by atoms with Crippen molar-refractivity contribution in [1.29, 1.82) is 0 Å². The molecule has 0 aliphatic carbocycles. The van der Waals surface area contributed by atoms with Crippen molar-refractivity contribution < 1.29 is 18.7 Å². The maximum Gasteiger partial charge on any atom is 0.343 e. The molecule has 2 aromatic heterocycles. The van der Waals surface area contributed by atoms with E-state index in [1.165, 1.54) is 31.8 Å². The summed E-state index contributed by atoms with van der Waals surface area (Å²) < 4.78 is 11.8. The number of furan rings is 1. The number of rotatable bonds is 4. The average Bonchev–Trinajstić information content (AvgIpc) is 2.98. The van der Waals surface area contributed by atoms with Crippen molar-refractivity contribution in [3.63, 3.8) is 0 Å². The summed E-state index contributed by atoms with van der Waals surface area (Å²) in [6.07, 6.45) is 0.112. The Hall–Kier alpha value is -2.84. The largest absolute Gasteiger partial charge is 0.449 e. The first-order valence-electron chi connectivity index (χ1n) is 8.11. The molecule has 1 aromatic carbocycles. The third kappa shape index (κ3) is 3.61. The lowest BCUT2D eigenvalue weighted by Crippen LogP contribution is -2.30. The second-order valence-electron chi connectivity index (χ2n) is 6.01. The lowest BCUT2D eigenvalue weighted by molar-refractivity contribution is -0.123. The van der Waals surface area contributed by atoms with E-state index in [1.54, 1.807) is 18.2 Å². The Bertz CT molecular complexity index is 1150. The Labute approximate surface area is 169 Å². The van der Waals surface area contributed by atoms with Crippen LogP contribution < -0.4 is 10.9 Å². The summed E-state index contributed by atoms with van der Waals surface area (Å²) in [7, 11) is 1.50. The molecule has 1 atom stereocenters. The molecule has 0 aliphatic heterocycles. The van der Waals surface area contributed by atoms with Crippen molar-refractivity contribution >= 4 is 51.9 Å². The molecule has 8 nitrogen and oxygen atoms in total. The van der Waals surface area contributed by atoms with Crippen molar-refractivity contribution in [1.82, 2.24) is 9.55 Å². The van der Waals surface area contributed by atoms with E-state index >= 15 is 0 Å². The first-order chi connectivity index (χ1) is 13.2. The van der Waals surface area contributed by atoms with Crippen LogP contribution in [0.4, 0.5) is 5.69 Å². The molecule has 1 unspecified atom stereocenters. The van der Waals surface area contributed by atoms with Crippen molar-refractivity contribution in [3.05, 3.63) is 56.2 Å². The van der Waals surface area contributed by atoms with Crippen LogP contribution in [0.3, 0.4) is 0 Å². The lowest BCUT2D eigenvalue weighted by Gasteiger charge is -2.14. The van der Waals surface area contributed by atoms with Gasteiger partial charge in [-0.1, -0.05) is 29.3 Å². The molecule has 0 spiro atoms. The number of carbonyl (C=O) groups is 2. The summed E-state index contributed by atoms with van der Waals surface area (Å²) in [6.45, 7) is 2.90. The van der Waals surface area contributed by atoms with Gasteiger partial charge in [-0.25, -0.2) is 9.78 Å². The summed E-state index contributed by atoms with van der Waals surface area (Å²) in [4.78, 5) is 41.3. The SMILES string of the molecule is Cc1oc2ncn(C)c(=O)c2c1C(=O)OC(C)C(=O)Nc1cccc(Cl)c1Cl. The predicted octanol–water partition coefficient (Wildman–Crippen LogP) is 3.33. The highest BCUT2D eigenvalue weighted by atomic mass is 35.5. The van der Waals surface area contributed by atoms with Crippen LogP contribution in [0, 0.1) is 6.92 Å². The number of nitrogens with one attached hydrogen (secondary N) is 1. The number of halogens is 2. The normalized spacial score (nSPS) is 12.0. The van der Waals surface area contributed by atoms with Crippen LogP contribution in [0.5, 0.6) is 0 Å². The Morgan fingerprint density at radius 1 is 1.32 bits per heavy atom. The van der Waals surface area contributed by atoms with E-state index in [9.17, 15) is 14.4 Å². The Kier molecular flexibility index (Phi) is 5.44. The highest BCUT2D eigenvalue weighted by molar-refractivity contribution is 6.44. The molecule has 0 saturated heterocycles. The van der Waals surface area contributed by atoms with Gasteiger partial charge in [-0.05, 0) is 26.0 Å². The van der Waals surface area contributed by atoms with Crippen LogP contribution in [0.25, 0.3) is 11.1 Å². The number of ether oxygens (including phenoxy) is 1. The first-order valence-corrected chi connectivity index (χ1v) is 8.87. The lowest BCUT2D eigenvalue weighted by atomic mass is 10.2. The number of aryl methyl sites for hydroxylation is 2. The van der Waals surface area contributed by atoms with Gasteiger partial charge in [0.15, 0.2) is 6.10 Å². The van der Waals surface area contributed by atoms with Gasteiger partial charge >= 0.3 is 5.97 Å². The van der Waals surface area contributed by atoms with Gasteiger partial charge in [0.1, 0.15) is 23.0 Å². The van der Waals surface area contributed by atoms with Crippen molar-refractivity contribution in [3.8, 4) is 0 Å².